The number of hydrogen-bond acceptors (Lipinski definition) is 2. The third-order valence-electron chi connectivity index (χ3n) is 4.62. The minimum atomic E-state index is 0.705. The van der Waals surface area contributed by atoms with E-state index in [9.17, 15) is 0 Å². The zero-order valence-corrected chi connectivity index (χ0v) is 11.4. The topological polar surface area (TPSA) is 15.3 Å². The fourth-order valence-electron chi connectivity index (χ4n) is 3.45. The van der Waals surface area contributed by atoms with Crippen LogP contribution in [0.3, 0.4) is 0 Å². The molecule has 2 atom stereocenters. The van der Waals surface area contributed by atoms with Gasteiger partial charge in [-0.2, -0.15) is 0 Å². The van der Waals surface area contributed by atoms with Crippen molar-refractivity contribution in [1.29, 1.82) is 0 Å². The summed E-state index contributed by atoms with van der Waals surface area (Å²) in [5.41, 5.74) is 3.16. The molecule has 0 amide bonds. The average Bonchev–Trinajstić information content (AvgIpc) is 2.47. The zero-order chi connectivity index (χ0) is 12.4. The van der Waals surface area contributed by atoms with Crippen LogP contribution in [0.4, 0.5) is 0 Å². The quantitative estimate of drug-likeness (QED) is 0.858. The second-order valence-electron chi connectivity index (χ2n) is 5.72. The average molecular weight is 244 g/mol. The summed E-state index contributed by atoms with van der Waals surface area (Å²) in [5, 5.41) is 3.62. The van der Waals surface area contributed by atoms with E-state index in [0.29, 0.717) is 6.04 Å². The first-order chi connectivity index (χ1) is 8.86. The van der Waals surface area contributed by atoms with E-state index in [4.69, 9.17) is 0 Å². The summed E-state index contributed by atoms with van der Waals surface area (Å²) in [4.78, 5) is 2.72. The lowest BCUT2D eigenvalue weighted by atomic mass is 9.87. The number of nitrogens with zero attached hydrogens (tertiary/aromatic N) is 1. The molecule has 98 valence electrons. The van der Waals surface area contributed by atoms with Gasteiger partial charge in [0.25, 0.3) is 0 Å². The van der Waals surface area contributed by atoms with Crippen LogP contribution in [0.15, 0.2) is 24.3 Å². The van der Waals surface area contributed by atoms with Gasteiger partial charge >= 0.3 is 0 Å². The molecule has 1 fully saturated rings. The molecular formula is C16H24N2. The van der Waals surface area contributed by atoms with Crippen LogP contribution in [0.1, 0.15) is 30.9 Å². The van der Waals surface area contributed by atoms with Crippen molar-refractivity contribution in [3.05, 3.63) is 35.4 Å². The van der Waals surface area contributed by atoms with Gasteiger partial charge < -0.3 is 5.32 Å². The molecule has 2 aliphatic rings. The molecule has 1 aliphatic heterocycles. The van der Waals surface area contributed by atoms with E-state index >= 15 is 0 Å². The molecule has 0 saturated carbocycles. The molecule has 1 aromatic rings. The maximum atomic E-state index is 3.62. The summed E-state index contributed by atoms with van der Waals surface area (Å²) >= 11 is 0. The summed E-state index contributed by atoms with van der Waals surface area (Å²) in [6.07, 6.45) is 5.11. The Morgan fingerprint density at radius 3 is 2.94 bits per heavy atom. The first-order valence-corrected chi connectivity index (χ1v) is 7.41. The van der Waals surface area contributed by atoms with Gasteiger partial charge in [0.15, 0.2) is 0 Å². The maximum absolute atomic E-state index is 3.62. The molecule has 0 radical (unpaired) electrons. The van der Waals surface area contributed by atoms with Crippen molar-refractivity contribution in [1.82, 2.24) is 10.2 Å². The lowest BCUT2D eigenvalue weighted by Gasteiger charge is -2.40. The Balaban J connectivity index is 1.68. The van der Waals surface area contributed by atoms with Gasteiger partial charge in [-0.15, -0.1) is 0 Å². The van der Waals surface area contributed by atoms with E-state index in [2.05, 4.69) is 41.4 Å². The number of aryl methyl sites for hydroxylation is 1. The van der Waals surface area contributed by atoms with Gasteiger partial charge in [0.1, 0.15) is 0 Å². The zero-order valence-electron chi connectivity index (χ0n) is 11.4. The van der Waals surface area contributed by atoms with Gasteiger partial charge in [-0.05, 0) is 36.8 Å². The molecule has 0 aromatic heterocycles. The van der Waals surface area contributed by atoms with Gasteiger partial charge in [-0.1, -0.05) is 31.2 Å². The molecule has 1 heterocycles. The van der Waals surface area contributed by atoms with Crippen LogP contribution in [-0.2, 0) is 12.8 Å². The fraction of sp³-hybridized carbons (Fsp3) is 0.625. The Morgan fingerprint density at radius 1 is 1.28 bits per heavy atom. The smallest absolute Gasteiger partial charge is 0.0193 e. The Bertz CT molecular complexity index is 402. The van der Waals surface area contributed by atoms with Crippen molar-refractivity contribution < 1.29 is 0 Å². The second kappa shape index (κ2) is 5.41. The molecule has 1 aromatic carbocycles. The van der Waals surface area contributed by atoms with Crippen molar-refractivity contribution in [2.45, 2.75) is 44.7 Å². The Hall–Kier alpha value is -0.860. The Morgan fingerprint density at radius 2 is 2.11 bits per heavy atom. The highest BCUT2D eigenvalue weighted by Gasteiger charge is 2.27. The van der Waals surface area contributed by atoms with Crippen molar-refractivity contribution in [2.75, 3.05) is 19.6 Å². The first-order valence-electron chi connectivity index (χ1n) is 7.41. The summed E-state index contributed by atoms with van der Waals surface area (Å²) in [6.45, 7) is 5.92. The minimum absolute atomic E-state index is 0.705. The summed E-state index contributed by atoms with van der Waals surface area (Å²) < 4.78 is 0. The fourth-order valence-corrected chi connectivity index (χ4v) is 3.45. The molecule has 1 saturated heterocycles. The van der Waals surface area contributed by atoms with E-state index in [0.717, 1.165) is 12.6 Å². The van der Waals surface area contributed by atoms with Crippen molar-refractivity contribution in [3.63, 3.8) is 0 Å². The molecule has 1 aliphatic carbocycles. The second-order valence-corrected chi connectivity index (χ2v) is 5.72. The van der Waals surface area contributed by atoms with E-state index in [1.807, 2.05) is 0 Å². The van der Waals surface area contributed by atoms with Crippen LogP contribution in [-0.4, -0.2) is 36.6 Å². The van der Waals surface area contributed by atoms with Crippen molar-refractivity contribution in [2.24, 2.45) is 0 Å². The molecule has 2 nitrogen and oxygen atoms in total. The predicted octanol–water partition coefficient (Wildman–Crippen LogP) is 2.23. The lowest BCUT2D eigenvalue weighted by Crippen LogP contribution is -2.54. The first kappa shape index (κ1) is 12.2. The molecule has 1 N–H and O–H groups in total. The van der Waals surface area contributed by atoms with Gasteiger partial charge in [-0.3, -0.25) is 4.90 Å². The summed E-state index contributed by atoms with van der Waals surface area (Å²) in [5.74, 6) is 0. The van der Waals surface area contributed by atoms with Crippen LogP contribution >= 0.6 is 0 Å². The lowest BCUT2D eigenvalue weighted by molar-refractivity contribution is 0.130. The van der Waals surface area contributed by atoms with Crippen LogP contribution in [0, 0.1) is 0 Å². The number of hydrogen-bond donors (Lipinski definition) is 1. The highest BCUT2D eigenvalue weighted by atomic mass is 15.2. The molecule has 2 unspecified atom stereocenters. The molecule has 0 spiro atoms. The summed E-state index contributed by atoms with van der Waals surface area (Å²) in [7, 11) is 0. The summed E-state index contributed by atoms with van der Waals surface area (Å²) in [6, 6.07) is 10.5. The third-order valence-corrected chi connectivity index (χ3v) is 4.62. The third kappa shape index (κ3) is 2.45. The minimum Gasteiger partial charge on any atom is -0.311 e. The van der Waals surface area contributed by atoms with E-state index in [1.165, 1.54) is 38.8 Å². The van der Waals surface area contributed by atoms with Crippen LogP contribution < -0.4 is 5.32 Å². The molecule has 2 heteroatoms. The van der Waals surface area contributed by atoms with Crippen molar-refractivity contribution >= 4 is 0 Å². The Kier molecular flexibility index (Phi) is 3.67. The van der Waals surface area contributed by atoms with Gasteiger partial charge in [0.2, 0.25) is 0 Å². The standard InChI is InChI=1S/C16H24N2/c1-2-15-12-18(10-9-17-15)16-8-7-13-5-3-4-6-14(13)11-16/h3-6,15-17H,2,7-12H2,1H3. The molecule has 3 rings (SSSR count). The molecule has 18 heavy (non-hydrogen) atoms. The highest BCUT2D eigenvalue weighted by molar-refractivity contribution is 5.30. The van der Waals surface area contributed by atoms with Gasteiger partial charge in [0, 0.05) is 31.7 Å². The SMILES string of the molecule is CCC1CN(C2CCc3ccccc3C2)CCN1. The van der Waals surface area contributed by atoms with E-state index in [-0.39, 0.29) is 0 Å². The molecular weight excluding hydrogens is 220 g/mol. The van der Waals surface area contributed by atoms with Crippen LogP contribution in [0.2, 0.25) is 0 Å². The van der Waals surface area contributed by atoms with Crippen LogP contribution in [0.25, 0.3) is 0 Å². The van der Waals surface area contributed by atoms with Gasteiger partial charge in [0.05, 0.1) is 0 Å². The van der Waals surface area contributed by atoms with Crippen molar-refractivity contribution in [3.8, 4) is 0 Å². The number of rotatable bonds is 2. The normalized spacial score (nSPS) is 28.9. The predicted molar refractivity (Wildman–Crippen MR) is 75.9 cm³/mol. The molecule has 0 bridgehead atoms. The number of piperazine rings is 1. The number of nitrogens with one attached hydrogen (secondary N) is 1. The Labute approximate surface area is 110 Å². The highest BCUT2D eigenvalue weighted by Crippen LogP contribution is 2.25. The monoisotopic (exact) mass is 244 g/mol. The van der Waals surface area contributed by atoms with E-state index in [1.54, 1.807) is 11.1 Å². The maximum Gasteiger partial charge on any atom is 0.0193 e. The van der Waals surface area contributed by atoms with Crippen LogP contribution in [0.5, 0.6) is 0 Å². The van der Waals surface area contributed by atoms with Gasteiger partial charge in [-0.25, -0.2) is 0 Å². The number of fused-ring (bicyclic) bond motifs is 1. The largest absolute Gasteiger partial charge is 0.311 e. The number of benzene rings is 1. The van der Waals surface area contributed by atoms with E-state index < -0.39 is 0 Å².